The SMILES string of the molecule is COCOc1c(P(c2cc(OC)cc(C(C)(C)C)c2O)c2ccc3ccccc3c2OCOC)ccc2ccccc12. The molecule has 0 aromatic heterocycles. The first-order valence-electron chi connectivity index (χ1n) is 13.8. The van der Waals surface area contributed by atoms with Gasteiger partial charge in [0.2, 0.25) is 0 Å². The summed E-state index contributed by atoms with van der Waals surface area (Å²) in [6.45, 7) is 6.40. The molecule has 0 unspecified atom stereocenters. The van der Waals surface area contributed by atoms with Crippen LogP contribution in [-0.2, 0) is 14.9 Å². The summed E-state index contributed by atoms with van der Waals surface area (Å²) in [6, 6.07) is 28.4. The molecule has 5 aromatic rings. The van der Waals surface area contributed by atoms with Gasteiger partial charge in [0.1, 0.15) is 23.0 Å². The second-order valence-corrected chi connectivity index (χ2v) is 13.1. The van der Waals surface area contributed by atoms with Crippen LogP contribution in [0.15, 0.2) is 84.9 Å². The van der Waals surface area contributed by atoms with Crippen LogP contribution in [0, 0.1) is 0 Å². The molecule has 0 heterocycles. The van der Waals surface area contributed by atoms with Gasteiger partial charge in [-0.3, -0.25) is 0 Å². The minimum absolute atomic E-state index is 0.0757. The Morgan fingerprint density at radius 1 is 0.643 bits per heavy atom. The van der Waals surface area contributed by atoms with Crippen LogP contribution in [0.25, 0.3) is 21.5 Å². The summed E-state index contributed by atoms with van der Waals surface area (Å²) in [5.74, 6) is 2.30. The molecule has 0 spiro atoms. The first-order valence-corrected chi connectivity index (χ1v) is 15.1. The molecule has 0 radical (unpaired) electrons. The molecule has 0 aliphatic rings. The lowest BCUT2D eigenvalue weighted by Crippen LogP contribution is -2.26. The molecular formula is C35H37O6P. The van der Waals surface area contributed by atoms with Crippen LogP contribution in [-0.4, -0.2) is 40.0 Å². The number of phenolic OH excluding ortho intramolecular Hbond substituents is 1. The Labute approximate surface area is 248 Å². The summed E-state index contributed by atoms with van der Waals surface area (Å²) >= 11 is 0. The van der Waals surface area contributed by atoms with Gasteiger partial charge in [0, 0.05) is 46.5 Å². The molecule has 7 heteroatoms. The third kappa shape index (κ3) is 5.76. The Balaban J connectivity index is 1.92. The van der Waals surface area contributed by atoms with E-state index in [0.717, 1.165) is 43.0 Å². The van der Waals surface area contributed by atoms with Gasteiger partial charge >= 0.3 is 0 Å². The van der Waals surface area contributed by atoms with E-state index in [4.69, 9.17) is 23.7 Å². The third-order valence-corrected chi connectivity index (χ3v) is 9.68. The maximum atomic E-state index is 12.0. The van der Waals surface area contributed by atoms with Crippen molar-refractivity contribution in [3.05, 3.63) is 90.5 Å². The van der Waals surface area contributed by atoms with E-state index < -0.39 is 7.92 Å². The number of phenols is 1. The molecule has 0 aliphatic carbocycles. The summed E-state index contributed by atoms with van der Waals surface area (Å²) < 4.78 is 29.2. The molecule has 0 atom stereocenters. The molecule has 1 N–H and O–H groups in total. The van der Waals surface area contributed by atoms with Gasteiger partial charge in [-0.2, -0.15) is 0 Å². The Hall–Kier alpha value is -3.83. The van der Waals surface area contributed by atoms with E-state index in [-0.39, 0.29) is 24.8 Å². The van der Waals surface area contributed by atoms with Crippen LogP contribution in [0.4, 0.5) is 0 Å². The van der Waals surface area contributed by atoms with Crippen molar-refractivity contribution in [1.29, 1.82) is 0 Å². The maximum absolute atomic E-state index is 12.0. The van der Waals surface area contributed by atoms with Crippen molar-refractivity contribution in [3.8, 4) is 23.0 Å². The van der Waals surface area contributed by atoms with E-state index in [1.54, 1.807) is 21.3 Å². The second-order valence-electron chi connectivity index (χ2n) is 11.0. The van der Waals surface area contributed by atoms with Crippen LogP contribution in [0.5, 0.6) is 23.0 Å². The number of rotatable bonds is 10. The van der Waals surface area contributed by atoms with Gasteiger partial charge in [-0.05, 0) is 48.4 Å². The van der Waals surface area contributed by atoms with Gasteiger partial charge < -0.3 is 28.8 Å². The van der Waals surface area contributed by atoms with Gasteiger partial charge in [-0.25, -0.2) is 0 Å². The minimum Gasteiger partial charge on any atom is -0.507 e. The number of fused-ring (bicyclic) bond motifs is 2. The van der Waals surface area contributed by atoms with Crippen LogP contribution in [0.3, 0.4) is 0 Å². The van der Waals surface area contributed by atoms with Gasteiger partial charge in [0.05, 0.1) is 7.11 Å². The topological polar surface area (TPSA) is 66.4 Å². The average molecular weight is 585 g/mol. The van der Waals surface area contributed by atoms with Crippen LogP contribution < -0.4 is 30.1 Å². The van der Waals surface area contributed by atoms with Crippen molar-refractivity contribution in [1.82, 2.24) is 0 Å². The largest absolute Gasteiger partial charge is 0.507 e. The van der Waals surface area contributed by atoms with Crippen LogP contribution >= 0.6 is 7.92 Å². The summed E-state index contributed by atoms with van der Waals surface area (Å²) in [5.41, 5.74) is 0.455. The number of methoxy groups -OCH3 is 3. The lowest BCUT2D eigenvalue weighted by Gasteiger charge is -2.29. The Morgan fingerprint density at radius 3 is 1.60 bits per heavy atom. The highest BCUT2D eigenvalue weighted by atomic mass is 31.1. The molecule has 0 saturated heterocycles. The van der Waals surface area contributed by atoms with Crippen molar-refractivity contribution < 1.29 is 28.8 Å². The molecule has 0 saturated carbocycles. The lowest BCUT2D eigenvalue weighted by atomic mass is 9.86. The van der Waals surface area contributed by atoms with Gasteiger partial charge in [-0.1, -0.05) is 81.4 Å². The van der Waals surface area contributed by atoms with Crippen molar-refractivity contribution in [3.63, 3.8) is 0 Å². The first-order chi connectivity index (χ1) is 20.3. The fourth-order valence-electron chi connectivity index (χ4n) is 5.20. The molecule has 0 fully saturated rings. The van der Waals surface area contributed by atoms with E-state index in [2.05, 4.69) is 57.2 Å². The Bertz CT molecular complexity index is 1620. The predicted octanol–water partition coefficient (Wildman–Crippen LogP) is 6.73. The molecular weight excluding hydrogens is 547 g/mol. The van der Waals surface area contributed by atoms with Crippen molar-refractivity contribution in [2.45, 2.75) is 26.2 Å². The summed E-state index contributed by atoms with van der Waals surface area (Å²) in [6.07, 6.45) is 0. The number of hydrogen-bond donors (Lipinski definition) is 1. The van der Waals surface area contributed by atoms with Crippen molar-refractivity contribution in [2.75, 3.05) is 34.9 Å². The third-order valence-electron chi connectivity index (χ3n) is 7.19. The zero-order chi connectivity index (χ0) is 29.9. The highest BCUT2D eigenvalue weighted by molar-refractivity contribution is 7.80. The molecule has 5 rings (SSSR count). The van der Waals surface area contributed by atoms with E-state index >= 15 is 0 Å². The molecule has 42 heavy (non-hydrogen) atoms. The summed E-state index contributed by atoms with van der Waals surface area (Å²) in [4.78, 5) is 0. The lowest BCUT2D eigenvalue weighted by molar-refractivity contribution is 0.0529. The molecule has 0 amide bonds. The molecule has 6 nitrogen and oxygen atoms in total. The Morgan fingerprint density at radius 2 is 1.14 bits per heavy atom. The van der Waals surface area contributed by atoms with E-state index in [0.29, 0.717) is 17.2 Å². The second kappa shape index (κ2) is 12.6. The Kier molecular flexibility index (Phi) is 8.88. The summed E-state index contributed by atoms with van der Waals surface area (Å²) in [7, 11) is 3.40. The number of aromatic hydroxyl groups is 1. The van der Waals surface area contributed by atoms with Gasteiger partial charge in [-0.15, -0.1) is 0 Å². The van der Waals surface area contributed by atoms with Crippen LogP contribution in [0.2, 0.25) is 0 Å². The average Bonchev–Trinajstić information content (AvgIpc) is 2.99. The van der Waals surface area contributed by atoms with E-state index in [1.165, 1.54) is 0 Å². The van der Waals surface area contributed by atoms with Crippen molar-refractivity contribution >= 4 is 45.4 Å². The van der Waals surface area contributed by atoms with Crippen LogP contribution in [0.1, 0.15) is 26.3 Å². The molecule has 218 valence electrons. The first kappa shape index (κ1) is 29.7. The predicted molar refractivity (Wildman–Crippen MR) is 172 cm³/mol. The zero-order valence-corrected chi connectivity index (χ0v) is 25.8. The fraction of sp³-hybridized carbons (Fsp3) is 0.257. The van der Waals surface area contributed by atoms with Gasteiger partial charge in [0.25, 0.3) is 0 Å². The molecule has 5 aromatic carbocycles. The number of benzene rings is 5. The maximum Gasteiger partial charge on any atom is 0.188 e. The summed E-state index contributed by atoms with van der Waals surface area (Å²) in [5, 5.41) is 18.6. The number of ether oxygens (including phenoxy) is 5. The highest BCUT2D eigenvalue weighted by Gasteiger charge is 2.32. The van der Waals surface area contributed by atoms with Crippen molar-refractivity contribution in [2.24, 2.45) is 0 Å². The zero-order valence-electron chi connectivity index (χ0n) is 24.9. The molecule has 0 bridgehead atoms. The van der Waals surface area contributed by atoms with E-state index in [1.807, 2.05) is 48.5 Å². The smallest absolute Gasteiger partial charge is 0.188 e. The quantitative estimate of drug-likeness (QED) is 0.145. The fourth-order valence-corrected chi connectivity index (χ4v) is 7.79. The minimum atomic E-state index is -1.46. The standard InChI is InChI=1S/C35H37O6P/c1-35(2,3)28-19-25(39-6)20-31(32(28)36)42(29-17-15-23-11-7-9-13-26(23)33(29)40-21-37-4)30-18-16-24-12-8-10-14-27(24)34(30)41-22-38-5/h7-20,36H,21-22H2,1-6H3. The normalized spacial score (nSPS) is 11.8. The highest BCUT2D eigenvalue weighted by Crippen LogP contribution is 2.48. The van der Waals surface area contributed by atoms with E-state index in [9.17, 15) is 5.11 Å². The molecule has 0 aliphatic heterocycles. The number of hydrogen-bond acceptors (Lipinski definition) is 6. The van der Waals surface area contributed by atoms with Gasteiger partial charge in [0.15, 0.2) is 13.6 Å². The monoisotopic (exact) mass is 584 g/mol.